The van der Waals surface area contributed by atoms with E-state index in [0.29, 0.717) is 29.7 Å². The maximum atomic E-state index is 11.4. The zero-order chi connectivity index (χ0) is 17.0. The first-order valence-electron chi connectivity index (χ1n) is 7.21. The van der Waals surface area contributed by atoms with Gasteiger partial charge in [-0.15, -0.1) is 0 Å². The van der Waals surface area contributed by atoms with Gasteiger partial charge in [-0.05, 0) is 64.1 Å². The van der Waals surface area contributed by atoms with Gasteiger partial charge in [0, 0.05) is 23.6 Å². The number of nitro benzene ring substituents is 1. The monoisotopic (exact) mass is 304 g/mol. The molecule has 0 aromatic heterocycles. The molecule has 5 heteroatoms. The molecule has 0 aliphatic carbocycles. The lowest BCUT2D eigenvalue weighted by Gasteiger charge is -2.25. The number of hydrogen-bond acceptors (Lipinski definition) is 4. The Hall–Kier alpha value is -2.01. The van der Waals surface area contributed by atoms with Crippen molar-refractivity contribution in [1.82, 2.24) is 4.90 Å². The second-order valence-corrected chi connectivity index (χ2v) is 6.09. The van der Waals surface area contributed by atoms with E-state index in [1.54, 1.807) is 13.8 Å². The van der Waals surface area contributed by atoms with Gasteiger partial charge < -0.3 is 4.90 Å². The Bertz CT molecular complexity index is 606. The van der Waals surface area contributed by atoms with Crippen LogP contribution in [-0.2, 0) is 4.79 Å². The first-order chi connectivity index (χ1) is 10.2. The Morgan fingerprint density at radius 3 is 2.41 bits per heavy atom. The molecule has 0 N–H and O–H groups in total. The van der Waals surface area contributed by atoms with Crippen LogP contribution in [0.15, 0.2) is 18.2 Å². The van der Waals surface area contributed by atoms with Gasteiger partial charge >= 0.3 is 0 Å². The fourth-order valence-electron chi connectivity index (χ4n) is 3.16. The number of aryl methyl sites for hydroxylation is 2. The van der Waals surface area contributed by atoms with E-state index in [1.807, 2.05) is 32.0 Å². The summed E-state index contributed by atoms with van der Waals surface area (Å²) in [6, 6.07) is 1.85. The summed E-state index contributed by atoms with van der Waals surface area (Å²) in [4.78, 5) is 24.0. The third-order valence-electron chi connectivity index (χ3n) is 3.84. The lowest BCUT2D eigenvalue weighted by Crippen LogP contribution is -2.22. The minimum atomic E-state index is -0.325. The predicted molar refractivity (Wildman–Crippen MR) is 88.4 cm³/mol. The fourth-order valence-corrected chi connectivity index (χ4v) is 3.16. The standard InChI is InChI=1S/C17H24N2O3/c1-11(10-20)7-15(9-18(5)6)16-12(2)8-13(3)17(14(16)4)19(21)22/h8,10,15H,1,7,9H2,2-6H3/t15-/m1/s1. The number of allylic oxidation sites excluding steroid dienone is 1. The smallest absolute Gasteiger partial charge is 0.275 e. The molecule has 1 aromatic rings. The quantitative estimate of drug-likeness (QED) is 0.335. The first kappa shape index (κ1) is 18.0. The molecule has 1 aromatic carbocycles. The third kappa shape index (κ3) is 4.01. The highest BCUT2D eigenvalue weighted by atomic mass is 16.6. The van der Waals surface area contributed by atoms with Crippen LogP contribution >= 0.6 is 0 Å². The molecular formula is C17H24N2O3. The molecule has 22 heavy (non-hydrogen) atoms. The summed E-state index contributed by atoms with van der Waals surface area (Å²) in [6.45, 7) is 9.98. The predicted octanol–water partition coefficient (Wildman–Crippen LogP) is 3.31. The van der Waals surface area contributed by atoms with Gasteiger partial charge in [0.15, 0.2) is 0 Å². The number of carbonyl (C=O) groups is 1. The topological polar surface area (TPSA) is 63.5 Å². The first-order valence-corrected chi connectivity index (χ1v) is 7.21. The fraction of sp³-hybridized carbons (Fsp3) is 0.471. The molecule has 5 nitrogen and oxygen atoms in total. The number of rotatable bonds is 7. The third-order valence-corrected chi connectivity index (χ3v) is 3.84. The van der Waals surface area contributed by atoms with Gasteiger partial charge in [-0.25, -0.2) is 0 Å². The number of benzene rings is 1. The van der Waals surface area contributed by atoms with Gasteiger partial charge in [0.1, 0.15) is 6.29 Å². The van der Waals surface area contributed by atoms with Gasteiger partial charge in [0.05, 0.1) is 4.92 Å². The highest BCUT2D eigenvalue weighted by Gasteiger charge is 2.25. The summed E-state index contributed by atoms with van der Waals surface area (Å²) in [5.74, 6) is 0.00648. The van der Waals surface area contributed by atoms with Gasteiger partial charge in [0.25, 0.3) is 5.69 Å². The van der Waals surface area contributed by atoms with Crippen molar-refractivity contribution in [2.75, 3.05) is 20.6 Å². The Balaban J connectivity index is 3.46. The zero-order valence-corrected chi connectivity index (χ0v) is 14.0. The van der Waals surface area contributed by atoms with Crippen LogP contribution in [0.25, 0.3) is 0 Å². The average Bonchev–Trinajstić information content (AvgIpc) is 2.36. The van der Waals surface area contributed by atoms with E-state index in [9.17, 15) is 14.9 Å². The lowest BCUT2D eigenvalue weighted by molar-refractivity contribution is -0.386. The van der Waals surface area contributed by atoms with Crippen molar-refractivity contribution in [3.05, 3.63) is 50.6 Å². The Kier molecular flexibility index (Phi) is 6.00. The Labute approximate surface area is 131 Å². The highest BCUT2D eigenvalue weighted by molar-refractivity contribution is 5.72. The second kappa shape index (κ2) is 7.31. The van der Waals surface area contributed by atoms with E-state index in [-0.39, 0.29) is 16.5 Å². The minimum Gasteiger partial charge on any atom is -0.309 e. The van der Waals surface area contributed by atoms with Crippen molar-refractivity contribution >= 4 is 12.0 Å². The Morgan fingerprint density at radius 1 is 1.36 bits per heavy atom. The minimum absolute atomic E-state index is 0.00648. The summed E-state index contributed by atoms with van der Waals surface area (Å²) in [7, 11) is 3.90. The average molecular weight is 304 g/mol. The van der Waals surface area contributed by atoms with Gasteiger partial charge in [-0.3, -0.25) is 14.9 Å². The van der Waals surface area contributed by atoms with Gasteiger partial charge in [-0.2, -0.15) is 0 Å². The molecule has 0 aliphatic rings. The molecule has 0 amide bonds. The SMILES string of the molecule is C=C(C=O)C[C@H](CN(C)C)c1c(C)cc(C)c([N+](=O)[O-])c1C. The summed E-state index contributed by atoms with van der Waals surface area (Å²) < 4.78 is 0. The normalized spacial score (nSPS) is 12.3. The number of nitro groups is 1. The van der Waals surface area contributed by atoms with Crippen LogP contribution in [-0.4, -0.2) is 36.7 Å². The number of aldehydes is 1. The zero-order valence-electron chi connectivity index (χ0n) is 14.0. The molecule has 0 bridgehead atoms. The van der Waals surface area contributed by atoms with Crippen LogP contribution in [0.4, 0.5) is 5.69 Å². The van der Waals surface area contributed by atoms with Crippen molar-refractivity contribution < 1.29 is 9.72 Å². The molecule has 0 radical (unpaired) electrons. The molecule has 1 atom stereocenters. The van der Waals surface area contributed by atoms with Crippen molar-refractivity contribution in [3.63, 3.8) is 0 Å². The van der Waals surface area contributed by atoms with E-state index in [1.165, 1.54) is 0 Å². The largest absolute Gasteiger partial charge is 0.309 e. The van der Waals surface area contributed by atoms with Crippen molar-refractivity contribution in [2.45, 2.75) is 33.1 Å². The van der Waals surface area contributed by atoms with Crippen LogP contribution in [0.1, 0.15) is 34.6 Å². The van der Waals surface area contributed by atoms with E-state index in [4.69, 9.17) is 0 Å². The maximum Gasteiger partial charge on any atom is 0.275 e. The van der Waals surface area contributed by atoms with E-state index in [0.717, 1.165) is 17.4 Å². The summed E-state index contributed by atoms with van der Waals surface area (Å²) in [6.07, 6.45) is 1.26. The number of likely N-dealkylation sites (N-methyl/N-ethyl adjacent to an activating group) is 1. The van der Waals surface area contributed by atoms with E-state index >= 15 is 0 Å². The Morgan fingerprint density at radius 2 is 1.95 bits per heavy atom. The molecule has 1 rings (SSSR count). The van der Waals surface area contributed by atoms with Crippen LogP contribution in [0.5, 0.6) is 0 Å². The van der Waals surface area contributed by atoms with Crippen LogP contribution in [0.3, 0.4) is 0 Å². The summed E-state index contributed by atoms with van der Waals surface area (Å²) >= 11 is 0. The molecule has 0 fully saturated rings. The summed E-state index contributed by atoms with van der Waals surface area (Å²) in [5.41, 5.74) is 4.00. The number of hydrogen-bond donors (Lipinski definition) is 0. The molecule has 0 saturated heterocycles. The molecule has 120 valence electrons. The van der Waals surface area contributed by atoms with Crippen LogP contribution in [0.2, 0.25) is 0 Å². The molecular weight excluding hydrogens is 280 g/mol. The van der Waals surface area contributed by atoms with Crippen molar-refractivity contribution in [1.29, 1.82) is 0 Å². The molecule has 0 spiro atoms. The van der Waals surface area contributed by atoms with Gasteiger partial charge in [-0.1, -0.05) is 6.58 Å². The van der Waals surface area contributed by atoms with Gasteiger partial charge in [0.2, 0.25) is 0 Å². The molecule has 0 unspecified atom stereocenters. The lowest BCUT2D eigenvalue weighted by atomic mass is 9.84. The van der Waals surface area contributed by atoms with E-state index in [2.05, 4.69) is 6.58 Å². The molecule has 0 aliphatic heterocycles. The molecule has 0 saturated carbocycles. The molecule has 0 heterocycles. The number of nitrogens with zero attached hydrogens (tertiary/aromatic N) is 2. The highest BCUT2D eigenvalue weighted by Crippen LogP contribution is 2.35. The summed E-state index contributed by atoms with van der Waals surface area (Å²) in [5, 5.41) is 11.4. The van der Waals surface area contributed by atoms with Crippen LogP contribution in [0, 0.1) is 30.9 Å². The number of carbonyl (C=O) groups excluding carboxylic acids is 1. The van der Waals surface area contributed by atoms with Crippen molar-refractivity contribution in [2.24, 2.45) is 0 Å². The van der Waals surface area contributed by atoms with Crippen molar-refractivity contribution in [3.8, 4) is 0 Å². The maximum absolute atomic E-state index is 11.4. The van der Waals surface area contributed by atoms with E-state index < -0.39 is 0 Å². The van der Waals surface area contributed by atoms with Crippen LogP contribution < -0.4 is 0 Å². The second-order valence-electron chi connectivity index (χ2n) is 6.09.